The van der Waals surface area contributed by atoms with E-state index in [2.05, 4.69) is 21.7 Å². The number of amides is 1. The number of oxazole rings is 1. The molecule has 1 aromatic heterocycles. The third kappa shape index (κ3) is 4.73. The summed E-state index contributed by atoms with van der Waals surface area (Å²) in [5.41, 5.74) is 5.75. The third-order valence-corrected chi connectivity index (χ3v) is 4.88. The molecule has 7 heteroatoms. The Morgan fingerprint density at radius 3 is 2.55 bits per heavy atom. The van der Waals surface area contributed by atoms with E-state index in [0.29, 0.717) is 34.0 Å². The summed E-state index contributed by atoms with van der Waals surface area (Å²) in [6.45, 7) is 4.09. The number of rotatable bonds is 4. The van der Waals surface area contributed by atoms with Crippen molar-refractivity contribution < 1.29 is 13.9 Å². The van der Waals surface area contributed by atoms with E-state index in [-0.39, 0.29) is 11.0 Å². The summed E-state index contributed by atoms with van der Waals surface area (Å²) in [4.78, 5) is 17.0. The molecule has 0 aliphatic rings. The fourth-order valence-electron chi connectivity index (χ4n) is 3.33. The van der Waals surface area contributed by atoms with Gasteiger partial charge < -0.3 is 14.5 Å². The molecule has 0 fully saturated rings. The van der Waals surface area contributed by atoms with Gasteiger partial charge >= 0.3 is 0 Å². The normalized spacial score (nSPS) is 10.7. The summed E-state index contributed by atoms with van der Waals surface area (Å²) < 4.78 is 11.1. The highest BCUT2D eigenvalue weighted by atomic mass is 32.1. The van der Waals surface area contributed by atoms with Crippen LogP contribution >= 0.6 is 12.2 Å². The van der Waals surface area contributed by atoms with Gasteiger partial charge in [-0.3, -0.25) is 10.1 Å². The topological polar surface area (TPSA) is 76.4 Å². The lowest BCUT2D eigenvalue weighted by Gasteiger charge is -2.10. The number of nitrogens with one attached hydrogen (secondary N) is 2. The van der Waals surface area contributed by atoms with Crippen molar-refractivity contribution in [1.29, 1.82) is 0 Å². The Labute approximate surface area is 185 Å². The van der Waals surface area contributed by atoms with E-state index < -0.39 is 0 Å². The van der Waals surface area contributed by atoms with Crippen molar-refractivity contribution in [1.82, 2.24) is 10.3 Å². The quantitative estimate of drug-likeness (QED) is 0.430. The fraction of sp³-hybridized carbons (Fsp3) is 0.125. The van der Waals surface area contributed by atoms with Crippen LogP contribution in [0.2, 0.25) is 0 Å². The van der Waals surface area contributed by atoms with Crippen molar-refractivity contribution in [2.75, 3.05) is 12.4 Å². The van der Waals surface area contributed by atoms with Crippen LogP contribution in [0.5, 0.6) is 5.75 Å². The molecule has 4 rings (SSSR count). The number of fused-ring (bicyclic) bond motifs is 1. The molecular weight excluding hydrogens is 410 g/mol. The molecule has 0 radical (unpaired) electrons. The van der Waals surface area contributed by atoms with Gasteiger partial charge in [0.15, 0.2) is 10.7 Å². The lowest BCUT2D eigenvalue weighted by Crippen LogP contribution is -2.34. The van der Waals surface area contributed by atoms with Crippen LogP contribution in [0.1, 0.15) is 21.5 Å². The maximum Gasteiger partial charge on any atom is 0.257 e. The highest BCUT2D eigenvalue weighted by molar-refractivity contribution is 7.80. The standard InChI is InChI=1S/C24H21N3O3S/c1-14-9-15(2)11-17(10-14)23-26-20-13-18(7-8-21(20)30-23)25-24(31)27-22(28)16-5-4-6-19(12-16)29-3/h4-13H,1-3H3,(H2,25,27,28,31). The van der Waals surface area contributed by atoms with E-state index in [9.17, 15) is 4.79 Å². The molecule has 0 unspecified atom stereocenters. The zero-order valence-electron chi connectivity index (χ0n) is 17.4. The van der Waals surface area contributed by atoms with Gasteiger partial charge in [0.05, 0.1) is 7.11 Å². The summed E-state index contributed by atoms with van der Waals surface area (Å²) in [5, 5.41) is 5.87. The Hall–Kier alpha value is -3.71. The second-order valence-electron chi connectivity index (χ2n) is 7.22. The highest BCUT2D eigenvalue weighted by Crippen LogP contribution is 2.27. The minimum Gasteiger partial charge on any atom is -0.497 e. The molecule has 4 aromatic rings. The molecule has 6 nitrogen and oxygen atoms in total. The summed E-state index contributed by atoms with van der Waals surface area (Å²) >= 11 is 5.29. The maximum atomic E-state index is 12.4. The Kier molecular flexibility index (Phi) is 5.68. The predicted molar refractivity (Wildman–Crippen MR) is 126 cm³/mol. The zero-order valence-corrected chi connectivity index (χ0v) is 18.2. The van der Waals surface area contributed by atoms with E-state index in [1.807, 2.05) is 44.2 Å². The van der Waals surface area contributed by atoms with Gasteiger partial charge in [-0.1, -0.05) is 23.3 Å². The molecule has 0 saturated heterocycles. The molecule has 3 aromatic carbocycles. The fourth-order valence-corrected chi connectivity index (χ4v) is 3.54. The summed E-state index contributed by atoms with van der Waals surface area (Å²) in [5.74, 6) is 0.839. The lowest BCUT2D eigenvalue weighted by molar-refractivity contribution is 0.0977. The predicted octanol–water partition coefficient (Wildman–Crippen LogP) is 5.25. The molecule has 31 heavy (non-hydrogen) atoms. The van der Waals surface area contributed by atoms with Gasteiger partial charge in [0, 0.05) is 16.8 Å². The van der Waals surface area contributed by atoms with Crippen molar-refractivity contribution in [3.63, 3.8) is 0 Å². The van der Waals surface area contributed by atoms with Gasteiger partial charge in [0.25, 0.3) is 5.91 Å². The number of anilines is 1. The van der Waals surface area contributed by atoms with Crippen molar-refractivity contribution >= 4 is 40.0 Å². The number of nitrogens with zero attached hydrogens (tertiary/aromatic N) is 1. The number of carbonyl (C=O) groups is 1. The van der Waals surface area contributed by atoms with Gasteiger partial charge in [-0.2, -0.15) is 0 Å². The van der Waals surface area contributed by atoms with E-state index in [4.69, 9.17) is 21.4 Å². The molecule has 1 heterocycles. The van der Waals surface area contributed by atoms with Crippen LogP contribution in [0.25, 0.3) is 22.6 Å². The number of methoxy groups -OCH3 is 1. The van der Waals surface area contributed by atoms with Crippen molar-refractivity contribution in [3.8, 4) is 17.2 Å². The largest absolute Gasteiger partial charge is 0.497 e. The maximum absolute atomic E-state index is 12.4. The van der Waals surface area contributed by atoms with E-state index in [0.717, 1.165) is 16.7 Å². The average Bonchev–Trinajstić information content (AvgIpc) is 3.16. The van der Waals surface area contributed by atoms with E-state index in [1.165, 1.54) is 0 Å². The summed E-state index contributed by atoms with van der Waals surface area (Å²) in [7, 11) is 1.55. The number of hydrogen-bond donors (Lipinski definition) is 2. The van der Waals surface area contributed by atoms with Crippen LogP contribution in [-0.4, -0.2) is 23.1 Å². The van der Waals surface area contributed by atoms with Gasteiger partial charge in [0.2, 0.25) is 5.89 Å². The van der Waals surface area contributed by atoms with Crippen molar-refractivity contribution in [2.24, 2.45) is 0 Å². The first-order valence-corrected chi connectivity index (χ1v) is 10.1. The molecular formula is C24H21N3O3S. The van der Waals surface area contributed by atoms with E-state index in [1.54, 1.807) is 31.4 Å². The molecule has 0 saturated carbocycles. The molecule has 0 spiro atoms. The molecule has 156 valence electrons. The Morgan fingerprint density at radius 2 is 1.81 bits per heavy atom. The smallest absolute Gasteiger partial charge is 0.257 e. The lowest BCUT2D eigenvalue weighted by atomic mass is 10.1. The zero-order chi connectivity index (χ0) is 22.0. The van der Waals surface area contributed by atoms with Gasteiger partial charge in [-0.25, -0.2) is 4.98 Å². The molecule has 2 N–H and O–H groups in total. The van der Waals surface area contributed by atoms with Crippen LogP contribution < -0.4 is 15.4 Å². The third-order valence-electron chi connectivity index (χ3n) is 4.67. The molecule has 0 aliphatic carbocycles. The molecule has 0 aliphatic heterocycles. The van der Waals surface area contributed by atoms with Crippen molar-refractivity contribution in [3.05, 3.63) is 77.4 Å². The van der Waals surface area contributed by atoms with Gasteiger partial charge in [-0.05, 0) is 74.6 Å². The number of aryl methyl sites for hydroxylation is 2. The summed E-state index contributed by atoms with van der Waals surface area (Å²) in [6, 6.07) is 18.5. The molecule has 1 amide bonds. The Morgan fingerprint density at radius 1 is 1.03 bits per heavy atom. The number of ether oxygens (including phenoxy) is 1. The highest BCUT2D eigenvalue weighted by Gasteiger charge is 2.12. The monoisotopic (exact) mass is 431 g/mol. The van der Waals surface area contributed by atoms with Crippen LogP contribution in [0.4, 0.5) is 5.69 Å². The number of aromatic nitrogens is 1. The SMILES string of the molecule is COc1cccc(C(=O)NC(=S)Nc2ccc3oc(-c4cc(C)cc(C)c4)nc3c2)c1. The Bertz CT molecular complexity index is 1280. The number of benzene rings is 3. The first-order chi connectivity index (χ1) is 14.9. The summed E-state index contributed by atoms with van der Waals surface area (Å²) in [6.07, 6.45) is 0. The number of carbonyl (C=O) groups excluding carboxylic acids is 1. The second-order valence-corrected chi connectivity index (χ2v) is 7.63. The molecule has 0 atom stereocenters. The van der Waals surface area contributed by atoms with Crippen LogP contribution in [0.3, 0.4) is 0 Å². The van der Waals surface area contributed by atoms with Crippen LogP contribution in [-0.2, 0) is 0 Å². The van der Waals surface area contributed by atoms with Crippen LogP contribution in [0.15, 0.2) is 65.1 Å². The van der Waals surface area contributed by atoms with Crippen molar-refractivity contribution in [2.45, 2.75) is 13.8 Å². The number of hydrogen-bond acceptors (Lipinski definition) is 5. The van der Waals surface area contributed by atoms with Gasteiger partial charge in [0.1, 0.15) is 11.3 Å². The first kappa shape index (κ1) is 20.6. The minimum absolute atomic E-state index is 0.185. The number of thiocarbonyl (C=S) groups is 1. The second kappa shape index (κ2) is 8.57. The minimum atomic E-state index is -0.323. The average molecular weight is 432 g/mol. The van der Waals surface area contributed by atoms with Gasteiger partial charge in [-0.15, -0.1) is 0 Å². The Balaban J connectivity index is 1.49. The van der Waals surface area contributed by atoms with E-state index >= 15 is 0 Å². The first-order valence-electron chi connectivity index (χ1n) is 9.67. The van der Waals surface area contributed by atoms with Crippen LogP contribution in [0, 0.1) is 13.8 Å². The molecule has 0 bridgehead atoms.